The topological polar surface area (TPSA) is 36.9 Å². The molecule has 3 rings (SSSR count). The third-order valence-electron chi connectivity index (χ3n) is 5.17. The highest BCUT2D eigenvalue weighted by Crippen LogP contribution is 2.34. The zero-order chi connectivity index (χ0) is 19.1. The maximum absolute atomic E-state index is 13.4. The number of guanidine groups is 1. The standard InChI is InChI=1S/C22H28FN3O/c1-26(2)21(24-16-18-6-4-3-5-7-18)25-17-22(12-14-27-15-13-22)19-8-10-20(23)11-9-19/h3-11H,12-17H2,1-2H3,(H,24,25). The van der Waals surface area contributed by atoms with Crippen molar-refractivity contribution in [2.75, 3.05) is 33.9 Å². The predicted molar refractivity (Wildman–Crippen MR) is 107 cm³/mol. The molecule has 0 spiro atoms. The largest absolute Gasteiger partial charge is 0.381 e. The van der Waals surface area contributed by atoms with Crippen LogP contribution in [0.1, 0.15) is 24.0 Å². The van der Waals surface area contributed by atoms with E-state index in [-0.39, 0.29) is 11.2 Å². The molecule has 0 unspecified atom stereocenters. The maximum Gasteiger partial charge on any atom is 0.193 e. The van der Waals surface area contributed by atoms with Crippen molar-refractivity contribution in [3.8, 4) is 0 Å². The third-order valence-corrected chi connectivity index (χ3v) is 5.17. The van der Waals surface area contributed by atoms with E-state index in [1.54, 1.807) is 12.1 Å². The Bertz CT molecular complexity index is 738. The van der Waals surface area contributed by atoms with Crippen molar-refractivity contribution >= 4 is 5.96 Å². The number of benzene rings is 2. The van der Waals surface area contributed by atoms with Crippen LogP contribution >= 0.6 is 0 Å². The second-order valence-electron chi connectivity index (χ2n) is 7.27. The maximum atomic E-state index is 13.4. The molecular weight excluding hydrogens is 341 g/mol. The molecular formula is C22H28FN3O. The molecule has 1 heterocycles. The highest BCUT2D eigenvalue weighted by atomic mass is 19.1. The summed E-state index contributed by atoms with van der Waals surface area (Å²) in [6.07, 6.45) is 1.82. The fraction of sp³-hybridized carbons (Fsp3) is 0.409. The van der Waals surface area contributed by atoms with E-state index >= 15 is 0 Å². The molecule has 0 aliphatic carbocycles. The molecule has 5 heteroatoms. The summed E-state index contributed by atoms with van der Waals surface area (Å²) in [7, 11) is 3.98. The van der Waals surface area contributed by atoms with Crippen LogP contribution in [0.5, 0.6) is 0 Å². The number of nitrogens with one attached hydrogen (secondary N) is 1. The first kappa shape index (κ1) is 19.4. The second-order valence-corrected chi connectivity index (χ2v) is 7.27. The van der Waals surface area contributed by atoms with Gasteiger partial charge in [0.1, 0.15) is 5.82 Å². The summed E-state index contributed by atoms with van der Waals surface area (Å²) in [5.41, 5.74) is 2.26. The Hall–Kier alpha value is -2.40. The zero-order valence-corrected chi connectivity index (χ0v) is 16.1. The van der Waals surface area contributed by atoms with Gasteiger partial charge in [-0.25, -0.2) is 9.38 Å². The van der Waals surface area contributed by atoms with Gasteiger partial charge in [0.2, 0.25) is 0 Å². The van der Waals surface area contributed by atoms with Gasteiger partial charge >= 0.3 is 0 Å². The minimum Gasteiger partial charge on any atom is -0.381 e. The van der Waals surface area contributed by atoms with Crippen LogP contribution in [0.25, 0.3) is 0 Å². The monoisotopic (exact) mass is 369 g/mol. The molecule has 0 amide bonds. The lowest BCUT2D eigenvalue weighted by Gasteiger charge is -2.38. The molecule has 27 heavy (non-hydrogen) atoms. The predicted octanol–water partition coefficient (Wildman–Crippen LogP) is 3.58. The zero-order valence-electron chi connectivity index (χ0n) is 16.1. The Morgan fingerprint density at radius 3 is 2.37 bits per heavy atom. The molecule has 4 nitrogen and oxygen atoms in total. The van der Waals surface area contributed by atoms with Crippen LogP contribution in [0, 0.1) is 5.82 Å². The lowest BCUT2D eigenvalue weighted by Crippen LogP contribution is -2.47. The second kappa shape index (κ2) is 9.00. The lowest BCUT2D eigenvalue weighted by molar-refractivity contribution is 0.0512. The van der Waals surface area contributed by atoms with Crippen LogP contribution in [0.4, 0.5) is 4.39 Å². The Kier molecular flexibility index (Phi) is 6.45. The van der Waals surface area contributed by atoms with Crippen LogP contribution < -0.4 is 5.32 Å². The fourth-order valence-corrected chi connectivity index (χ4v) is 3.49. The van der Waals surface area contributed by atoms with Gasteiger partial charge in [-0.05, 0) is 36.1 Å². The number of halogens is 1. The molecule has 2 aromatic rings. The van der Waals surface area contributed by atoms with Gasteiger partial charge in [-0.3, -0.25) is 0 Å². The third kappa shape index (κ3) is 5.07. The fourth-order valence-electron chi connectivity index (χ4n) is 3.49. The average Bonchev–Trinajstić information content (AvgIpc) is 2.69. The van der Waals surface area contributed by atoms with Crippen molar-refractivity contribution in [1.29, 1.82) is 0 Å². The van der Waals surface area contributed by atoms with Crippen molar-refractivity contribution < 1.29 is 9.13 Å². The van der Waals surface area contributed by atoms with Crippen LogP contribution in [0.2, 0.25) is 0 Å². The van der Waals surface area contributed by atoms with E-state index in [0.29, 0.717) is 6.54 Å². The molecule has 1 fully saturated rings. The average molecular weight is 369 g/mol. The quantitative estimate of drug-likeness (QED) is 0.647. The summed E-state index contributed by atoms with van der Waals surface area (Å²) in [5.74, 6) is 0.652. The summed E-state index contributed by atoms with van der Waals surface area (Å²) in [5, 5.41) is 3.54. The van der Waals surface area contributed by atoms with Gasteiger partial charge < -0.3 is 15.0 Å². The van der Waals surface area contributed by atoms with Gasteiger partial charge in [0.15, 0.2) is 5.96 Å². The number of rotatable bonds is 5. The van der Waals surface area contributed by atoms with E-state index in [1.807, 2.05) is 49.3 Å². The molecule has 1 aliphatic heterocycles. The van der Waals surface area contributed by atoms with E-state index in [2.05, 4.69) is 17.4 Å². The molecule has 0 atom stereocenters. The summed E-state index contributed by atoms with van der Waals surface area (Å²) in [6, 6.07) is 17.1. The van der Waals surface area contributed by atoms with E-state index in [9.17, 15) is 4.39 Å². The van der Waals surface area contributed by atoms with Crippen LogP contribution in [-0.2, 0) is 16.7 Å². The molecule has 1 aliphatic rings. The lowest BCUT2D eigenvalue weighted by atomic mass is 9.74. The Labute approximate surface area is 161 Å². The molecule has 0 saturated carbocycles. The van der Waals surface area contributed by atoms with Crippen molar-refractivity contribution in [3.05, 3.63) is 71.5 Å². The molecule has 2 aromatic carbocycles. The number of aliphatic imine (C=N–C) groups is 1. The van der Waals surface area contributed by atoms with Crippen LogP contribution in [-0.4, -0.2) is 44.7 Å². The Morgan fingerprint density at radius 1 is 1.07 bits per heavy atom. The highest BCUT2D eigenvalue weighted by Gasteiger charge is 2.34. The van der Waals surface area contributed by atoms with Crippen molar-refractivity contribution in [2.24, 2.45) is 4.99 Å². The smallest absolute Gasteiger partial charge is 0.193 e. The molecule has 1 N–H and O–H groups in total. The Balaban J connectivity index is 1.75. The first-order chi connectivity index (χ1) is 13.1. The van der Waals surface area contributed by atoms with Gasteiger partial charge in [0, 0.05) is 39.3 Å². The highest BCUT2D eigenvalue weighted by molar-refractivity contribution is 5.79. The van der Waals surface area contributed by atoms with E-state index < -0.39 is 0 Å². The summed E-state index contributed by atoms with van der Waals surface area (Å²) in [6.45, 7) is 2.82. The van der Waals surface area contributed by atoms with Gasteiger partial charge in [0.25, 0.3) is 0 Å². The van der Waals surface area contributed by atoms with E-state index in [4.69, 9.17) is 9.73 Å². The summed E-state index contributed by atoms with van der Waals surface area (Å²) in [4.78, 5) is 6.76. The number of nitrogens with zero attached hydrogens (tertiary/aromatic N) is 2. The van der Waals surface area contributed by atoms with Crippen molar-refractivity contribution in [1.82, 2.24) is 10.2 Å². The molecule has 0 aromatic heterocycles. The first-order valence-corrected chi connectivity index (χ1v) is 9.42. The molecule has 0 radical (unpaired) electrons. The van der Waals surface area contributed by atoms with E-state index in [0.717, 1.165) is 44.1 Å². The number of hydrogen-bond acceptors (Lipinski definition) is 2. The number of ether oxygens (including phenoxy) is 1. The number of hydrogen-bond donors (Lipinski definition) is 1. The molecule has 144 valence electrons. The van der Waals surface area contributed by atoms with Crippen LogP contribution in [0.15, 0.2) is 59.6 Å². The van der Waals surface area contributed by atoms with Gasteiger partial charge in [0.05, 0.1) is 6.54 Å². The van der Waals surface area contributed by atoms with E-state index in [1.165, 1.54) is 5.56 Å². The SMILES string of the molecule is CN(C)C(=NCc1ccccc1)NCC1(c2ccc(F)cc2)CCOCC1. The summed E-state index contributed by atoms with van der Waals surface area (Å²) < 4.78 is 19.0. The van der Waals surface area contributed by atoms with Crippen LogP contribution in [0.3, 0.4) is 0 Å². The first-order valence-electron chi connectivity index (χ1n) is 9.42. The Morgan fingerprint density at radius 2 is 1.74 bits per heavy atom. The molecule has 0 bridgehead atoms. The molecule has 1 saturated heterocycles. The van der Waals surface area contributed by atoms with Crippen molar-refractivity contribution in [3.63, 3.8) is 0 Å². The minimum absolute atomic E-state index is 0.0739. The normalized spacial score (nSPS) is 16.8. The minimum atomic E-state index is -0.202. The summed E-state index contributed by atoms with van der Waals surface area (Å²) >= 11 is 0. The van der Waals surface area contributed by atoms with Gasteiger partial charge in [-0.15, -0.1) is 0 Å². The van der Waals surface area contributed by atoms with Gasteiger partial charge in [-0.2, -0.15) is 0 Å². The van der Waals surface area contributed by atoms with Gasteiger partial charge in [-0.1, -0.05) is 42.5 Å². The van der Waals surface area contributed by atoms with Crippen molar-refractivity contribution in [2.45, 2.75) is 24.8 Å².